The largest absolute Gasteiger partial charge is 0.343 e. The number of nitrogens with zero attached hydrogens (tertiary/aromatic N) is 1. The third kappa shape index (κ3) is 4.74. The molecule has 0 saturated carbocycles. The molecule has 1 heterocycles. The van der Waals surface area contributed by atoms with Gasteiger partial charge in [0, 0.05) is 5.39 Å². The minimum atomic E-state index is -0.633. The van der Waals surface area contributed by atoms with Gasteiger partial charge in [0.15, 0.2) is 0 Å². The van der Waals surface area contributed by atoms with E-state index < -0.39 is 6.04 Å². The molecular formula is C18H19N3O2S. The summed E-state index contributed by atoms with van der Waals surface area (Å²) in [6.07, 6.45) is 7.63. The van der Waals surface area contributed by atoms with Gasteiger partial charge in [-0.15, -0.1) is 6.42 Å². The second kappa shape index (κ2) is 8.94. The molecule has 1 atom stereocenters. The van der Waals surface area contributed by atoms with Crippen LogP contribution in [0.15, 0.2) is 36.4 Å². The maximum atomic E-state index is 12.4. The Labute approximate surface area is 145 Å². The Bertz CT molecular complexity index is 770. The molecule has 2 N–H and O–H groups in total. The van der Waals surface area contributed by atoms with E-state index in [1.54, 1.807) is 17.8 Å². The maximum absolute atomic E-state index is 12.4. The van der Waals surface area contributed by atoms with Crippen LogP contribution in [0.4, 0.5) is 0 Å². The molecule has 0 spiro atoms. The minimum Gasteiger partial charge on any atom is -0.343 e. The fourth-order valence-electron chi connectivity index (χ4n) is 2.19. The van der Waals surface area contributed by atoms with E-state index >= 15 is 0 Å². The molecule has 24 heavy (non-hydrogen) atoms. The summed E-state index contributed by atoms with van der Waals surface area (Å²) in [5.41, 5.74) is 1.02. The van der Waals surface area contributed by atoms with E-state index in [1.807, 2.05) is 36.6 Å². The predicted octanol–water partition coefficient (Wildman–Crippen LogP) is 1.84. The van der Waals surface area contributed by atoms with Crippen molar-refractivity contribution in [3.05, 3.63) is 42.1 Å². The van der Waals surface area contributed by atoms with E-state index in [1.165, 1.54) is 0 Å². The van der Waals surface area contributed by atoms with Gasteiger partial charge in [0.25, 0.3) is 5.91 Å². The van der Waals surface area contributed by atoms with Gasteiger partial charge in [-0.2, -0.15) is 11.8 Å². The molecule has 2 rings (SSSR count). The number of pyridine rings is 1. The average Bonchev–Trinajstić information content (AvgIpc) is 2.62. The highest BCUT2D eigenvalue weighted by molar-refractivity contribution is 7.98. The lowest BCUT2D eigenvalue weighted by atomic mass is 10.1. The summed E-state index contributed by atoms with van der Waals surface area (Å²) in [7, 11) is 0. The quantitative estimate of drug-likeness (QED) is 0.754. The number of aromatic nitrogens is 1. The molecule has 1 aromatic heterocycles. The lowest BCUT2D eigenvalue weighted by molar-refractivity contribution is -0.122. The van der Waals surface area contributed by atoms with Gasteiger partial charge in [-0.3, -0.25) is 9.59 Å². The summed E-state index contributed by atoms with van der Waals surface area (Å²) in [5.74, 6) is 2.45. The fraction of sp³-hybridized carbons (Fsp3) is 0.278. The zero-order chi connectivity index (χ0) is 17.4. The fourth-order valence-corrected chi connectivity index (χ4v) is 2.66. The Kier molecular flexibility index (Phi) is 6.64. The first-order chi connectivity index (χ1) is 11.7. The molecule has 0 aliphatic carbocycles. The third-order valence-electron chi connectivity index (χ3n) is 3.43. The second-order valence-electron chi connectivity index (χ2n) is 5.12. The highest BCUT2D eigenvalue weighted by Gasteiger charge is 2.21. The second-order valence-corrected chi connectivity index (χ2v) is 6.10. The molecule has 124 valence electrons. The molecule has 5 nitrogen and oxygen atoms in total. The van der Waals surface area contributed by atoms with Crippen molar-refractivity contribution in [1.29, 1.82) is 0 Å². The first-order valence-corrected chi connectivity index (χ1v) is 8.92. The molecule has 0 bridgehead atoms. The smallest absolute Gasteiger partial charge is 0.270 e. The monoisotopic (exact) mass is 341 g/mol. The van der Waals surface area contributed by atoms with Gasteiger partial charge >= 0.3 is 0 Å². The summed E-state index contributed by atoms with van der Waals surface area (Å²) < 4.78 is 0. The first kappa shape index (κ1) is 17.8. The van der Waals surface area contributed by atoms with E-state index in [0.29, 0.717) is 6.42 Å². The van der Waals surface area contributed by atoms with Gasteiger partial charge in [-0.25, -0.2) is 4.98 Å². The van der Waals surface area contributed by atoms with Crippen LogP contribution in [-0.2, 0) is 4.79 Å². The number of carbonyl (C=O) groups excluding carboxylic acids is 2. The van der Waals surface area contributed by atoms with Crippen LogP contribution in [0.25, 0.3) is 10.9 Å². The molecule has 0 unspecified atom stereocenters. The SMILES string of the molecule is C#CCNC(=O)[C@H](CCSC)NC(=O)c1ccc2ccccc2n1. The van der Waals surface area contributed by atoms with Gasteiger partial charge in [0.05, 0.1) is 12.1 Å². The van der Waals surface area contributed by atoms with Crippen molar-refractivity contribution < 1.29 is 9.59 Å². The Morgan fingerprint density at radius 3 is 2.83 bits per heavy atom. The number of thioether (sulfide) groups is 1. The van der Waals surface area contributed by atoms with E-state index in [-0.39, 0.29) is 24.1 Å². The average molecular weight is 341 g/mol. The standard InChI is InChI=1S/C18H19N3O2S/c1-3-11-19-17(22)16(10-12-24-2)21-18(23)15-9-8-13-6-4-5-7-14(13)20-15/h1,4-9,16H,10-12H2,2H3,(H,19,22)(H,21,23)/t16-/m0/s1. The van der Waals surface area contributed by atoms with Crippen molar-refractivity contribution in [2.24, 2.45) is 0 Å². The zero-order valence-corrected chi connectivity index (χ0v) is 14.2. The first-order valence-electron chi connectivity index (χ1n) is 7.52. The molecule has 2 aromatic rings. The summed E-state index contributed by atoms with van der Waals surface area (Å²) in [6, 6.07) is 10.4. The van der Waals surface area contributed by atoms with Crippen molar-refractivity contribution in [1.82, 2.24) is 15.6 Å². The Balaban J connectivity index is 2.12. The van der Waals surface area contributed by atoms with Gasteiger partial charge in [0.2, 0.25) is 5.91 Å². The maximum Gasteiger partial charge on any atom is 0.270 e. The highest BCUT2D eigenvalue weighted by atomic mass is 32.2. The molecule has 6 heteroatoms. The molecule has 0 saturated heterocycles. The van der Waals surface area contributed by atoms with Crippen molar-refractivity contribution >= 4 is 34.5 Å². The van der Waals surface area contributed by atoms with Crippen LogP contribution in [0, 0.1) is 12.3 Å². The number of hydrogen-bond acceptors (Lipinski definition) is 4. The highest BCUT2D eigenvalue weighted by Crippen LogP contribution is 2.12. The number of terminal acetylenes is 1. The summed E-state index contributed by atoms with van der Waals surface area (Å²) in [6.45, 7) is 0.138. The van der Waals surface area contributed by atoms with E-state index in [2.05, 4.69) is 21.5 Å². The van der Waals surface area contributed by atoms with Crippen LogP contribution in [0.5, 0.6) is 0 Å². The molecule has 0 fully saturated rings. The summed E-state index contributed by atoms with van der Waals surface area (Å²) in [4.78, 5) is 28.9. The van der Waals surface area contributed by atoms with Gasteiger partial charge in [0.1, 0.15) is 11.7 Å². The van der Waals surface area contributed by atoms with Crippen LogP contribution in [0.2, 0.25) is 0 Å². The minimum absolute atomic E-state index is 0.138. The number of benzene rings is 1. The van der Waals surface area contributed by atoms with Crippen LogP contribution < -0.4 is 10.6 Å². The van der Waals surface area contributed by atoms with Crippen LogP contribution in [0.1, 0.15) is 16.9 Å². The van der Waals surface area contributed by atoms with Gasteiger partial charge in [-0.1, -0.05) is 30.2 Å². The number of carbonyl (C=O) groups is 2. The molecule has 0 aliphatic rings. The molecule has 2 amide bonds. The summed E-state index contributed by atoms with van der Waals surface area (Å²) >= 11 is 1.61. The van der Waals surface area contributed by atoms with Crippen molar-refractivity contribution in [3.8, 4) is 12.3 Å². The molecule has 1 aromatic carbocycles. The predicted molar refractivity (Wildman–Crippen MR) is 97.8 cm³/mol. The third-order valence-corrected chi connectivity index (χ3v) is 4.07. The van der Waals surface area contributed by atoms with Gasteiger partial charge in [-0.05, 0) is 30.6 Å². The zero-order valence-electron chi connectivity index (χ0n) is 13.4. The van der Waals surface area contributed by atoms with E-state index in [4.69, 9.17) is 6.42 Å². The number of nitrogens with one attached hydrogen (secondary N) is 2. The molecule has 0 radical (unpaired) electrons. The number of fused-ring (bicyclic) bond motifs is 1. The van der Waals surface area contributed by atoms with E-state index in [9.17, 15) is 9.59 Å². The Morgan fingerprint density at radius 2 is 2.08 bits per heavy atom. The Morgan fingerprint density at radius 1 is 1.29 bits per heavy atom. The number of rotatable bonds is 7. The van der Waals surface area contributed by atoms with Gasteiger partial charge < -0.3 is 10.6 Å². The lowest BCUT2D eigenvalue weighted by Crippen LogP contribution is -2.47. The number of para-hydroxylation sites is 1. The van der Waals surface area contributed by atoms with Crippen LogP contribution >= 0.6 is 11.8 Å². The van der Waals surface area contributed by atoms with E-state index in [0.717, 1.165) is 16.7 Å². The molecule has 0 aliphatic heterocycles. The van der Waals surface area contributed by atoms with Crippen molar-refractivity contribution in [3.63, 3.8) is 0 Å². The topological polar surface area (TPSA) is 71.1 Å². The lowest BCUT2D eigenvalue weighted by Gasteiger charge is -2.17. The molecular weight excluding hydrogens is 322 g/mol. The summed E-state index contributed by atoms with van der Waals surface area (Å²) in [5, 5.41) is 6.31. The van der Waals surface area contributed by atoms with Crippen molar-refractivity contribution in [2.75, 3.05) is 18.6 Å². The van der Waals surface area contributed by atoms with Crippen LogP contribution in [-0.4, -0.2) is 41.4 Å². The van der Waals surface area contributed by atoms with Crippen LogP contribution in [0.3, 0.4) is 0 Å². The number of amides is 2. The Hall–Kier alpha value is -2.52. The van der Waals surface area contributed by atoms with Crippen molar-refractivity contribution in [2.45, 2.75) is 12.5 Å². The number of hydrogen-bond donors (Lipinski definition) is 2. The normalized spacial score (nSPS) is 11.5.